The molecule has 0 aliphatic heterocycles. The van der Waals surface area contributed by atoms with Crippen LogP contribution in [0, 0.1) is 0 Å². The van der Waals surface area contributed by atoms with E-state index in [1.54, 1.807) is 0 Å². The number of benzene rings is 1. The van der Waals surface area contributed by atoms with Gasteiger partial charge in [-0.1, -0.05) is 18.9 Å². The van der Waals surface area contributed by atoms with Crippen LogP contribution in [0.4, 0.5) is 0 Å². The number of fused-ring (bicyclic) bond motifs is 1. The Kier molecular flexibility index (Phi) is 4.55. The summed E-state index contributed by atoms with van der Waals surface area (Å²) in [6, 6.07) is 5.96. The number of aryl methyl sites for hydroxylation is 2. The summed E-state index contributed by atoms with van der Waals surface area (Å²) in [4.78, 5) is 23.5. The van der Waals surface area contributed by atoms with Gasteiger partial charge in [0.2, 0.25) is 0 Å². The molecule has 23 heavy (non-hydrogen) atoms. The predicted molar refractivity (Wildman–Crippen MR) is 85.6 cm³/mol. The zero-order valence-corrected chi connectivity index (χ0v) is 13.3. The maximum absolute atomic E-state index is 12.1. The molecule has 0 heterocycles. The van der Waals surface area contributed by atoms with Gasteiger partial charge in [-0.3, -0.25) is 4.79 Å². The molecule has 3 rings (SSSR count). The first kappa shape index (κ1) is 15.8. The van der Waals surface area contributed by atoms with Crippen LogP contribution in [0.15, 0.2) is 18.2 Å². The van der Waals surface area contributed by atoms with Crippen molar-refractivity contribution in [2.45, 2.75) is 56.9 Å². The van der Waals surface area contributed by atoms with Gasteiger partial charge in [-0.2, -0.15) is 0 Å². The average molecular weight is 317 g/mol. The molecule has 0 aromatic heterocycles. The zero-order chi connectivity index (χ0) is 16.3. The highest BCUT2D eigenvalue weighted by atomic mass is 16.5. The topological polar surface area (TPSA) is 75.6 Å². The largest absolute Gasteiger partial charge is 0.484 e. The summed E-state index contributed by atoms with van der Waals surface area (Å²) >= 11 is 0. The summed E-state index contributed by atoms with van der Waals surface area (Å²) in [5, 5.41) is 12.0. The van der Waals surface area contributed by atoms with Crippen molar-refractivity contribution in [3.05, 3.63) is 29.3 Å². The van der Waals surface area contributed by atoms with Crippen LogP contribution in [0.3, 0.4) is 0 Å². The molecular weight excluding hydrogens is 294 g/mol. The third kappa shape index (κ3) is 3.49. The van der Waals surface area contributed by atoms with Crippen LogP contribution >= 0.6 is 0 Å². The first-order valence-electron chi connectivity index (χ1n) is 8.38. The number of hydrogen-bond donors (Lipinski definition) is 2. The normalized spacial score (nSPS) is 19.0. The second kappa shape index (κ2) is 6.60. The number of aliphatic carboxylic acids is 1. The Labute approximate surface area is 136 Å². The van der Waals surface area contributed by atoms with E-state index in [4.69, 9.17) is 4.74 Å². The van der Waals surface area contributed by atoms with Crippen LogP contribution in [-0.4, -0.2) is 29.1 Å². The lowest BCUT2D eigenvalue weighted by molar-refractivity contribution is -0.147. The van der Waals surface area contributed by atoms with Gasteiger partial charge in [-0.25, -0.2) is 4.79 Å². The summed E-state index contributed by atoms with van der Waals surface area (Å²) in [5.74, 6) is -0.638. The van der Waals surface area contributed by atoms with Gasteiger partial charge in [0, 0.05) is 0 Å². The number of nitrogens with one attached hydrogen (secondary N) is 1. The van der Waals surface area contributed by atoms with Gasteiger partial charge >= 0.3 is 5.97 Å². The number of carbonyl (C=O) groups is 2. The van der Waals surface area contributed by atoms with Crippen molar-refractivity contribution in [2.24, 2.45) is 0 Å². The highest BCUT2D eigenvalue weighted by molar-refractivity contribution is 5.87. The van der Waals surface area contributed by atoms with Gasteiger partial charge in [0.05, 0.1) is 0 Å². The van der Waals surface area contributed by atoms with E-state index in [9.17, 15) is 14.7 Å². The first-order chi connectivity index (χ1) is 11.1. The van der Waals surface area contributed by atoms with Gasteiger partial charge in [0.1, 0.15) is 11.3 Å². The molecule has 1 aromatic carbocycles. The standard InChI is InChI=1S/C18H23NO4/c20-16(19-18(17(21)22)9-3-4-10-18)12-23-15-8-7-13-5-1-2-6-14(13)11-15/h7-8,11H,1-6,9-10,12H2,(H,19,20)(H,21,22). The lowest BCUT2D eigenvalue weighted by Crippen LogP contribution is -2.53. The molecule has 5 nitrogen and oxygen atoms in total. The minimum atomic E-state index is -1.10. The molecule has 0 bridgehead atoms. The molecule has 0 spiro atoms. The number of rotatable bonds is 5. The molecule has 5 heteroatoms. The molecule has 0 radical (unpaired) electrons. The molecule has 2 aliphatic rings. The van der Waals surface area contributed by atoms with Crippen LogP contribution in [0.2, 0.25) is 0 Å². The Morgan fingerprint density at radius 3 is 2.48 bits per heavy atom. The summed E-state index contributed by atoms with van der Waals surface area (Å²) in [7, 11) is 0. The molecule has 1 fully saturated rings. The Morgan fingerprint density at radius 2 is 1.78 bits per heavy atom. The minimum absolute atomic E-state index is 0.145. The third-order valence-corrected chi connectivity index (χ3v) is 4.94. The maximum Gasteiger partial charge on any atom is 0.329 e. The van der Waals surface area contributed by atoms with Crippen LogP contribution in [0.1, 0.15) is 49.7 Å². The Morgan fingerprint density at radius 1 is 1.09 bits per heavy atom. The number of carboxylic acid groups (broad SMARTS) is 1. The molecule has 0 atom stereocenters. The lowest BCUT2D eigenvalue weighted by Gasteiger charge is -2.25. The number of amides is 1. The monoisotopic (exact) mass is 317 g/mol. The second-order valence-electron chi connectivity index (χ2n) is 6.57. The number of ether oxygens (including phenoxy) is 1. The highest BCUT2D eigenvalue weighted by Crippen LogP contribution is 2.30. The summed E-state index contributed by atoms with van der Waals surface area (Å²) in [5.41, 5.74) is 1.56. The summed E-state index contributed by atoms with van der Waals surface area (Å²) in [6.45, 7) is -0.145. The minimum Gasteiger partial charge on any atom is -0.484 e. The Hall–Kier alpha value is -2.04. The van der Waals surface area contributed by atoms with Crippen molar-refractivity contribution >= 4 is 11.9 Å². The number of carbonyl (C=O) groups excluding carboxylic acids is 1. The Bertz CT molecular complexity index is 605. The van der Waals surface area contributed by atoms with Gasteiger partial charge in [-0.05, 0) is 61.8 Å². The summed E-state index contributed by atoms with van der Waals surface area (Å²) in [6.07, 6.45) is 7.24. The van der Waals surface area contributed by atoms with Crippen molar-refractivity contribution < 1.29 is 19.4 Å². The first-order valence-corrected chi connectivity index (χ1v) is 8.38. The third-order valence-electron chi connectivity index (χ3n) is 4.94. The van der Waals surface area contributed by atoms with E-state index in [1.807, 2.05) is 12.1 Å². The van der Waals surface area contributed by atoms with Crippen molar-refractivity contribution in [1.82, 2.24) is 5.32 Å². The maximum atomic E-state index is 12.1. The van der Waals surface area contributed by atoms with Gasteiger partial charge in [0.15, 0.2) is 6.61 Å². The van der Waals surface area contributed by atoms with Crippen molar-refractivity contribution in [3.63, 3.8) is 0 Å². The smallest absolute Gasteiger partial charge is 0.329 e. The second-order valence-corrected chi connectivity index (χ2v) is 6.57. The van der Waals surface area contributed by atoms with E-state index in [1.165, 1.54) is 24.0 Å². The van der Waals surface area contributed by atoms with E-state index in [-0.39, 0.29) is 12.5 Å². The Balaban J connectivity index is 1.57. The van der Waals surface area contributed by atoms with E-state index >= 15 is 0 Å². The molecule has 124 valence electrons. The highest BCUT2D eigenvalue weighted by Gasteiger charge is 2.42. The van der Waals surface area contributed by atoms with Crippen LogP contribution in [0.5, 0.6) is 5.75 Å². The molecule has 2 aliphatic carbocycles. The lowest BCUT2D eigenvalue weighted by atomic mass is 9.92. The van der Waals surface area contributed by atoms with E-state index in [2.05, 4.69) is 11.4 Å². The molecular formula is C18H23NO4. The number of hydrogen-bond acceptors (Lipinski definition) is 3. The van der Waals surface area contributed by atoms with Crippen molar-refractivity contribution in [3.8, 4) is 5.75 Å². The fraction of sp³-hybridized carbons (Fsp3) is 0.556. The van der Waals surface area contributed by atoms with Gasteiger partial charge in [-0.15, -0.1) is 0 Å². The van der Waals surface area contributed by atoms with E-state index in [0.29, 0.717) is 18.6 Å². The molecule has 1 amide bonds. The SMILES string of the molecule is O=C(COc1ccc2c(c1)CCCC2)NC1(C(=O)O)CCCC1. The average Bonchev–Trinajstić information content (AvgIpc) is 3.02. The van der Waals surface area contributed by atoms with E-state index in [0.717, 1.165) is 25.7 Å². The fourth-order valence-electron chi connectivity index (χ4n) is 3.62. The van der Waals surface area contributed by atoms with Crippen molar-refractivity contribution in [2.75, 3.05) is 6.61 Å². The molecule has 2 N–H and O–H groups in total. The van der Waals surface area contributed by atoms with Gasteiger partial charge < -0.3 is 15.2 Å². The summed E-state index contributed by atoms with van der Waals surface area (Å²) < 4.78 is 5.56. The molecule has 0 saturated heterocycles. The van der Waals surface area contributed by atoms with E-state index < -0.39 is 11.5 Å². The van der Waals surface area contributed by atoms with Crippen LogP contribution in [0.25, 0.3) is 0 Å². The molecule has 1 aromatic rings. The predicted octanol–water partition coefficient (Wildman–Crippen LogP) is 2.46. The molecule has 1 saturated carbocycles. The quantitative estimate of drug-likeness (QED) is 0.874. The molecule has 0 unspecified atom stereocenters. The van der Waals surface area contributed by atoms with Crippen LogP contribution in [-0.2, 0) is 22.4 Å². The van der Waals surface area contributed by atoms with Crippen LogP contribution < -0.4 is 10.1 Å². The van der Waals surface area contributed by atoms with Crippen molar-refractivity contribution in [1.29, 1.82) is 0 Å². The fourth-order valence-corrected chi connectivity index (χ4v) is 3.62. The van der Waals surface area contributed by atoms with Gasteiger partial charge in [0.25, 0.3) is 5.91 Å². The number of carboxylic acids is 1. The zero-order valence-electron chi connectivity index (χ0n) is 13.3.